The quantitative estimate of drug-likeness (QED) is 0.221. The minimum absolute atomic E-state index is 0.625. The highest BCUT2D eigenvalue weighted by molar-refractivity contribution is 7.89. The monoisotopic (exact) mass is 441 g/mol. The van der Waals surface area contributed by atoms with Gasteiger partial charge in [0.1, 0.15) is 23.8 Å². The lowest BCUT2D eigenvalue weighted by molar-refractivity contribution is -0.387. The maximum atomic E-state index is 12.7. The highest BCUT2D eigenvalue weighted by Gasteiger charge is 2.41. The number of terminal acetylenes is 1. The number of carbonyl (C=O) groups excluding carboxylic acids is 2. The Morgan fingerprint density at radius 3 is 2.37 bits per heavy atom. The van der Waals surface area contributed by atoms with Crippen molar-refractivity contribution in [1.29, 1.82) is 0 Å². The molecule has 0 heterocycles. The molecular formula is C18H23N3O8S. The summed E-state index contributed by atoms with van der Waals surface area (Å²) in [5.41, 5.74) is -3.88. The number of rotatable bonds is 8. The summed E-state index contributed by atoms with van der Waals surface area (Å²) in [4.78, 5) is 33.8. The topological polar surface area (TPSA) is 165 Å². The molecule has 0 fully saturated rings. The van der Waals surface area contributed by atoms with Crippen molar-refractivity contribution in [3.05, 3.63) is 34.4 Å². The molecule has 0 saturated carbocycles. The molecule has 0 bridgehead atoms. The van der Waals surface area contributed by atoms with Crippen LogP contribution in [0.4, 0.5) is 5.69 Å². The fraction of sp³-hybridized carbons (Fsp3) is 0.444. The molecule has 0 aromatic heterocycles. The van der Waals surface area contributed by atoms with Crippen LogP contribution >= 0.6 is 0 Å². The van der Waals surface area contributed by atoms with Crippen molar-refractivity contribution in [2.24, 2.45) is 0 Å². The zero-order chi connectivity index (χ0) is 23.3. The molecule has 0 aliphatic rings. The van der Waals surface area contributed by atoms with E-state index in [-0.39, 0.29) is 0 Å². The second-order valence-electron chi connectivity index (χ2n) is 7.38. The van der Waals surface area contributed by atoms with Crippen LogP contribution in [0.1, 0.15) is 27.7 Å². The molecule has 1 amide bonds. The number of aliphatic hydroxyl groups is 1. The van der Waals surface area contributed by atoms with E-state index in [0.717, 1.165) is 19.1 Å². The van der Waals surface area contributed by atoms with E-state index in [0.29, 0.717) is 0 Å². The number of ether oxygens (including phenoxy) is 1. The SMILES string of the molecule is C#C[C@@](C)(O)[C@H](NS(=O)(=O)c1ccccc1[N+](=O)[O-])C(=O)NCC(=O)OC(C)(C)C. The number of benzene rings is 1. The molecule has 0 aliphatic heterocycles. The van der Waals surface area contributed by atoms with Crippen LogP contribution in [0.25, 0.3) is 0 Å². The van der Waals surface area contributed by atoms with Crippen molar-refractivity contribution >= 4 is 27.6 Å². The van der Waals surface area contributed by atoms with Gasteiger partial charge in [0, 0.05) is 6.07 Å². The number of hydrogen-bond acceptors (Lipinski definition) is 8. The van der Waals surface area contributed by atoms with Gasteiger partial charge in [0.15, 0.2) is 4.90 Å². The minimum Gasteiger partial charge on any atom is -0.459 e. The standard InChI is InChI=1S/C18H23N3O8S/c1-6-18(5,24)15(16(23)19-11-14(22)29-17(2,3)4)20-30(27,28)13-10-8-7-9-12(13)21(25)26/h1,7-10,15,20,24H,11H2,2-5H3,(H,19,23)/t15-,18-/m1/s1. The van der Waals surface area contributed by atoms with Crippen molar-refractivity contribution in [3.8, 4) is 12.3 Å². The first kappa shape index (κ1) is 25.0. The van der Waals surface area contributed by atoms with E-state index >= 15 is 0 Å². The molecule has 0 unspecified atom stereocenters. The number of nitrogens with zero attached hydrogens (tertiary/aromatic N) is 1. The van der Waals surface area contributed by atoms with E-state index in [2.05, 4.69) is 5.32 Å². The number of nitro benzene ring substituents is 1. The fourth-order valence-corrected chi connectivity index (χ4v) is 3.65. The number of nitro groups is 1. The molecule has 0 aliphatic carbocycles. The smallest absolute Gasteiger partial charge is 0.325 e. The number of esters is 1. The number of nitrogens with one attached hydrogen (secondary N) is 2. The average Bonchev–Trinajstić information content (AvgIpc) is 2.62. The van der Waals surface area contributed by atoms with Gasteiger partial charge < -0.3 is 15.2 Å². The Labute approximate surface area is 174 Å². The third-order valence-corrected chi connectivity index (χ3v) is 5.04. The van der Waals surface area contributed by atoms with Gasteiger partial charge in [0.25, 0.3) is 5.69 Å². The molecule has 0 spiro atoms. The van der Waals surface area contributed by atoms with Crippen LogP contribution in [-0.2, 0) is 24.3 Å². The van der Waals surface area contributed by atoms with Crippen molar-refractivity contribution in [2.45, 2.75) is 49.8 Å². The summed E-state index contributed by atoms with van der Waals surface area (Å²) >= 11 is 0. The van der Waals surface area contributed by atoms with Crippen LogP contribution in [0.15, 0.2) is 29.2 Å². The Balaban J connectivity index is 3.17. The first-order valence-electron chi connectivity index (χ1n) is 8.56. The van der Waals surface area contributed by atoms with E-state index < -0.39 is 61.2 Å². The van der Waals surface area contributed by atoms with Gasteiger partial charge >= 0.3 is 5.97 Å². The first-order valence-corrected chi connectivity index (χ1v) is 10.0. The second kappa shape index (κ2) is 9.21. The first-order chi connectivity index (χ1) is 13.6. The largest absolute Gasteiger partial charge is 0.459 e. The Morgan fingerprint density at radius 1 is 1.30 bits per heavy atom. The third-order valence-electron chi connectivity index (χ3n) is 3.57. The van der Waals surface area contributed by atoms with Crippen molar-refractivity contribution in [2.75, 3.05) is 6.54 Å². The summed E-state index contributed by atoms with van der Waals surface area (Å²) in [7, 11) is -4.67. The molecule has 1 rings (SSSR count). The Bertz CT molecular complexity index is 974. The van der Waals surface area contributed by atoms with E-state index in [1.807, 2.05) is 10.6 Å². The third kappa shape index (κ3) is 6.80. The zero-order valence-corrected chi connectivity index (χ0v) is 17.6. The van der Waals surface area contributed by atoms with E-state index in [9.17, 15) is 33.2 Å². The minimum atomic E-state index is -4.67. The van der Waals surface area contributed by atoms with Crippen LogP contribution in [0.3, 0.4) is 0 Å². The molecule has 1 aromatic rings. The summed E-state index contributed by atoms with van der Waals surface area (Å²) < 4.78 is 32.3. The molecule has 30 heavy (non-hydrogen) atoms. The molecule has 0 saturated heterocycles. The Hall–Kier alpha value is -3.01. The van der Waals surface area contributed by atoms with Crippen LogP contribution in [0.2, 0.25) is 0 Å². The van der Waals surface area contributed by atoms with Crippen molar-refractivity contribution in [1.82, 2.24) is 10.0 Å². The number of carbonyl (C=O) groups is 2. The Morgan fingerprint density at radius 2 is 1.87 bits per heavy atom. The predicted molar refractivity (Wildman–Crippen MR) is 106 cm³/mol. The molecule has 3 N–H and O–H groups in total. The summed E-state index contributed by atoms with van der Waals surface area (Å²) in [6, 6.07) is 2.47. The van der Waals surface area contributed by atoms with E-state index in [4.69, 9.17) is 11.2 Å². The summed E-state index contributed by atoms with van der Waals surface area (Å²) in [6.07, 6.45) is 5.21. The Kier molecular flexibility index (Phi) is 7.68. The van der Waals surface area contributed by atoms with Crippen molar-refractivity contribution < 1.29 is 32.8 Å². The summed E-state index contributed by atoms with van der Waals surface area (Å²) in [6.45, 7) is 5.20. The number of amides is 1. The van der Waals surface area contributed by atoms with Gasteiger partial charge in [0.2, 0.25) is 15.9 Å². The van der Waals surface area contributed by atoms with Crippen LogP contribution < -0.4 is 10.0 Å². The van der Waals surface area contributed by atoms with Crippen LogP contribution in [0, 0.1) is 22.5 Å². The molecule has 1 aromatic carbocycles. The highest BCUT2D eigenvalue weighted by Crippen LogP contribution is 2.24. The van der Waals surface area contributed by atoms with Gasteiger partial charge in [-0.3, -0.25) is 19.7 Å². The summed E-state index contributed by atoms with van der Waals surface area (Å²) in [5.74, 6) is -0.0648. The summed E-state index contributed by atoms with van der Waals surface area (Å²) in [5, 5.41) is 23.6. The van der Waals surface area contributed by atoms with Gasteiger partial charge in [-0.05, 0) is 33.8 Å². The lowest BCUT2D eigenvalue weighted by Gasteiger charge is -2.28. The van der Waals surface area contributed by atoms with Crippen LogP contribution in [-0.4, -0.2) is 54.1 Å². The second-order valence-corrected chi connectivity index (χ2v) is 9.06. The lowest BCUT2D eigenvalue weighted by Crippen LogP contribution is -2.59. The average molecular weight is 441 g/mol. The molecule has 2 atom stereocenters. The van der Waals surface area contributed by atoms with E-state index in [1.165, 1.54) is 12.1 Å². The molecule has 12 heteroatoms. The normalized spacial score (nSPS) is 14.7. The van der Waals surface area contributed by atoms with Crippen molar-refractivity contribution in [3.63, 3.8) is 0 Å². The predicted octanol–water partition coefficient (Wildman–Crippen LogP) is 0.0838. The molecular weight excluding hydrogens is 418 g/mol. The van der Waals surface area contributed by atoms with Gasteiger partial charge in [0.05, 0.1) is 4.92 Å². The van der Waals surface area contributed by atoms with Crippen LogP contribution in [0.5, 0.6) is 0 Å². The van der Waals surface area contributed by atoms with E-state index in [1.54, 1.807) is 20.8 Å². The number of para-hydroxylation sites is 1. The van der Waals surface area contributed by atoms with Gasteiger partial charge in [-0.15, -0.1) is 6.42 Å². The maximum absolute atomic E-state index is 12.7. The zero-order valence-electron chi connectivity index (χ0n) is 16.8. The number of hydrogen-bond donors (Lipinski definition) is 3. The molecule has 164 valence electrons. The maximum Gasteiger partial charge on any atom is 0.325 e. The van der Waals surface area contributed by atoms with Gasteiger partial charge in [-0.1, -0.05) is 18.1 Å². The lowest BCUT2D eigenvalue weighted by atomic mass is 9.98. The van der Waals surface area contributed by atoms with Gasteiger partial charge in [-0.25, -0.2) is 8.42 Å². The highest BCUT2D eigenvalue weighted by atomic mass is 32.2. The molecule has 0 radical (unpaired) electrons. The van der Waals surface area contributed by atoms with Gasteiger partial charge in [-0.2, -0.15) is 4.72 Å². The number of sulfonamides is 1. The molecule has 11 nitrogen and oxygen atoms in total. The fourth-order valence-electron chi connectivity index (χ4n) is 2.20.